The van der Waals surface area contributed by atoms with Crippen LogP contribution in [0.2, 0.25) is 0 Å². The summed E-state index contributed by atoms with van der Waals surface area (Å²) in [6, 6.07) is 11.6. The van der Waals surface area contributed by atoms with Crippen LogP contribution in [0.3, 0.4) is 0 Å². The van der Waals surface area contributed by atoms with Gasteiger partial charge in [0.05, 0.1) is 16.8 Å². The molecule has 2 aromatic carbocycles. The van der Waals surface area contributed by atoms with Gasteiger partial charge in [0.1, 0.15) is 12.9 Å². The minimum absolute atomic E-state index is 0.0743. The van der Waals surface area contributed by atoms with Gasteiger partial charge in [0.25, 0.3) is 5.91 Å². The molecule has 6 rings (SSSR count). The minimum Gasteiger partial charge on any atom is -0.457 e. The van der Waals surface area contributed by atoms with Crippen molar-refractivity contribution < 1.29 is 14.3 Å². The highest BCUT2D eigenvalue weighted by Crippen LogP contribution is 2.28. The number of nitrogens with zero attached hydrogens (tertiary/aromatic N) is 4. The van der Waals surface area contributed by atoms with Crippen LogP contribution in [0.25, 0.3) is 10.9 Å². The lowest BCUT2D eigenvalue weighted by Gasteiger charge is -2.32. The zero-order valence-electron chi connectivity index (χ0n) is 20.7. The number of aromatic nitrogens is 1. The number of carbonyl (C=O) groups is 2. The summed E-state index contributed by atoms with van der Waals surface area (Å²) < 4.78 is 5.18. The number of carbonyl (C=O) groups excluding carboxylic acids is 2. The summed E-state index contributed by atoms with van der Waals surface area (Å²) >= 11 is 0. The van der Waals surface area contributed by atoms with Crippen molar-refractivity contribution in [1.82, 2.24) is 26.3 Å². The molecular formula is C27H29N7O3. The van der Waals surface area contributed by atoms with Crippen LogP contribution in [0.1, 0.15) is 50.2 Å². The highest BCUT2D eigenvalue weighted by molar-refractivity contribution is 6.10. The number of benzene rings is 2. The van der Waals surface area contributed by atoms with Crippen LogP contribution in [0.5, 0.6) is 0 Å². The van der Waals surface area contributed by atoms with E-state index in [0.717, 1.165) is 61.1 Å². The van der Waals surface area contributed by atoms with Crippen molar-refractivity contribution in [2.75, 3.05) is 24.6 Å². The number of nitrogens with one attached hydrogen (secondary N) is 3. The molecule has 3 aliphatic heterocycles. The lowest BCUT2D eigenvalue weighted by Crippen LogP contribution is -2.45. The number of piperidine rings is 1. The molecule has 0 aliphatic carbocycles. The molecular weight excluding hydrogens is 470 g/mol. The van der Waals surface area contributed by atoms with Gasteiger partial charge in [-0.2, -0.15) is 5.10 Å². The second-order valence-electron chi connectivity index (χ2n) is 9.66. The summed E-state index contributed by atoms with van der Waals surface area (Å²) in [4.78, 5) is 32.0. The zero-order valence-corrected chi connectivity index (χ0v) is 20.7. The SMILES string of the molecule is Cc1c(CCN2CCC(NC(=O)c3ccc(N4C=NNN4)c4ncccc34)CC2)ccc2c1COC2=O. The van der Waals surface area contributed by atoms with E-state index in [-0.39, 0.29) is 17.9 Å². The van der Waals surface area contributed by atoms with E-state index in [1.807, 2.05) is 30.3 Å². The molecule has 4 heterocycles. The summed E-state index contributed by atoms with van der Waals surface area (Å²) in [7, 11) is 0. The van der Waals surface area contributed by atoms with Gasteiger partial charge in [-0.1, -0.05) is 12.1 Å². The number of hydrazone groups is 1. The molecule has 10 nitrogen and oxygen atoms in total. The lowest BCUT2D eigenvalue weighted by molar-refractivity contribution is 0.0534. The largest absolute Gasteiger partial charge is 0.457 e. The third-order valence-corrected chi connectivity index (χ3v) is 7.56. The number of hydrazine groups is 2. The van der Waals surface area contributed by atoms with Gasteiger partial charge in [-0.3, -0.25) is 9.78 Å². The van der Waals surface area contributed by atoms with E-state index in [0.29, 0.717) is 17.7 Å². The molecule has 0 spiro atoms. The highest BCUT2D eigenvalue weighted by atomic mass is 16.5. The smallest absolute Gasteiger partial charge is 0.338 e. The Morgan fingerprint density at radius 3 is 2.86 bits per heavy atom. The van der Waals surface area contributed by atoms with E-state index in [2.05, 4.69) is 44.4 Å². The average molecular weight is 500 g/mol. The topological polar surface area (TPSA) is 111 Å². The second-order valence-corrected chi connectivity index (χ2v) is 9.66. The molecule has 10 heteroatoms. The summed E-state index contributed by atoms with van der Waals surface area (Å²) in [5.41, 5.74) is 11.9. The molecule has 0 atom stereocenters. The number of rotatable bonds is 6. The fourth-order valence-electron chi connectivity index (χ4n) is 5.38. The lowest BCUT2D eigenvalue weighted by atomic mass is 9.96. The van der Waals surface area contributed by atoms with E-state index >= 15 is 0 Å². The minimum atomic E-state index is -0.218. The summed E-state index contributed by atoms with van der Waals surface area (Å²) in [6.45, 7) is 5.29. The quantitative estimate of drug-likeness (QED) is 0.444. The molecule has 3 N–H and O–H groups in total. The first-order valence-electron chi connectivity index (χ1n) is 12.6. The maximum atomic E-state index is 13.3. The standard InChI is InChI=1S/C27H29N7O3/c1-17-18(4-5-22-23(17)15-37-27(22)36)8-12-33-13-9-19(10-14-33)30-26(35)21-6-7-24(34-16-29-31-32-34)25-20(21)3-2-11-28-25/h2-7,11,16,19,31-32H,8-10,12-15H2,1H3,(H,30,35). The molecule has 1 aromatic heterocycles. The van der Waals surface area contributed by atoms with Gasteiger partial charge in [-0.15, -0.1) is 5.53 Å². The van der Waals surface area contributed by atoms with Crippen LogP contribution in [-0.4, -0.2) is 53.8 Å². The Kier molecular flexibility index (Phi) is 6.19. The number of amides is 1. The van der Waals surface area contributed by atoms with E-state index in [4.69, 9.17) is 4.74 Å². The number of pyridine rings is 1. The van der Waals surface area contributed by atoms with Crippen molar-refractivity contribution >= 4 is 34.8 Å². The van der Waals surface area contributed by atoms with Crippen molar-refractivity contribution in [2.24, 2.45) is 5.10 Å². The van der Waals surface area contributed by atoms with Crippen LogP contribution in [0.15, 0.2) is 47.7 Å². The maximum Gasteiger partial charge on any atom is 0.338 e. The van der Waals surface area contributed by atoms with Crippen molar-refractivity contribution in [3.05, 3.63) is 70.4 Å². The van der Waals surface area contributed by atoms with Gasteiger partial charge < -0.3 is 15.0 Å². The molecule has 1 amide bonds. The first-order chi connectivity index (χ1) is 18.1. The number of cyclic esters (lactones) is 1. The number of hydrogen-bond acceptors (Lipinski definition) is 9. The monoisotopic (exact) mass is 499 g/mol. The number of anilines is 1. The van der Waals surface area contributed by atoms with Crippen LogP contribution < -0.4 is 21.4 Å². The third kappa shape index (κ3) is 4.49. The molecule has 1 fully saturated rings. The van der Waals surface area contributed by atoms with E-state index in [1.165, 1.54) is 11.1 Å². The van der Waals surface area contributed by atoms with Gasteiger partial charge in [0.2, 0.25) is 0 Å². The molecule has 0 bridgehead atoms. The molecule has 3 aliphatic rings. The maximum absolute atomic E-state index is 13.3. The molecule has 37 heavy (non-hydrogen) atoms. The Hall–Kier alpha value is -4.02. The Bertz CT molecular complexity index is 1400. The molecule has 190 valence electrons. The molecule has 1 saturated heterocycles. The Labute approximate surface area is 214 Å². The zero-order chi connectivity index (χ0) is 25.4. The van der Waals surface area contributed by atoms with E-state index in [1.54, 1.807) is 17.5 Å². The van der Waals surface area contributed by atoms with Crippen LogP contribution >= 0.6 is 0 Å². The molecule has 3 aromatic rings. The fourth-order valence-corrected chi connectivity index (χ4v) is 5.38. The number of esters is 1. The van der Waals surface area contributed by atoms with Crippen molar-refractivity contribution in [3.63, 3.8) is 0 Å². The summed E-state index contributed by atoms with van der Waals surface area (Å²) in [5.74, 6) is -0.293. The Balaban J connectivity index is 1.06. The second kappa shape index (κ2) is 9.79. The van der Waals surface area contributed by atoms with Gasteiger partial charge in [0.15, 0.2) is 0 Å². The van der Waals surface area contributed by atoms with Crippen molar-refractivity contribution in [2.45, 2.75) is 38.8 Å². The third-order valence-electron chi connectivity index (χ3n) is 7.56. The number of ether oxygens (including phenoxy) is 1. The normalized spacial score (nSPS) is 17.6. The molecule has 0 radical (unpaired) electrons. The van der Waals surface area contributed by atoms with E-state index in [9.17, 15) is 9.59 Å². The number of fused-ring (bicyclic) bond motifs is 2. The summed E-state index contributed by atoms with van der Waals surface area (Å²) in [6.07, 6.45) is 6.10. The van der Waals surface area contributed by atoms with Crippen molar-refractivity contribution in [3.8, 4) is 0 Å². The fraction of sp³-hybridized carbons (Fsp3) is 0.333. The number of hydrogen-bond donors (Lipinski definition) is 3. The van der Waals surface area contributed by atoms with Gasteiger partial charge in [-0.05, 0) is 61.6 Å². The van der Waals surface area contributed by atoms with E-state index < -0.39 is 0 Å². The first-order valence-corrected chi connectivity index (χ1v) is 12.6. The first kappa shape index (κ1) is 23.4. The van der Waals surface area contributed by atoms with Crippen LogP contribution in [-0.2, 0) is 17.8 Å². The van der Waals surface area contributed by atoms with Crippen LogP contribution in [0, 0.1) is 6.92 Å². The van der Waals surface area contributed by atoms with Gasteiger partial charge in [-0.25, -0.2) is 15.3 Å². The predicted molar refractivity (Wildman–Crippen MR) is 140 cm³/mol. The number of likely N-dealkylation sites (tertiary alicyclic amines) is 1. The molecule has 0 unspecified atom stereocenters. The van der Waals surface area contributed by atoms with Crippen molar-refractivity contribution in [1.29, 1.82) is 0 Å². The molecule has 0 saturated carbocycles. The highest BCUT2D eigenvalue weighted by Gasteiger charge is 2.25. The predicted octanol–water partition coefficient (Wildman–Crippen LogP) is 2.42. The Morgan fingerprint density at radius 2 is 2.05 bits per heavy atom. The average Bonchev–Trinajstić information content (AvgIpc) is 3.59. The Morgan fingerprint density at radius 1 is 1.19 bits per heavy atom. The summed E-state index contributed by atoms with van der Waals surface area (Å²) in [5, 5.41) is 9.72. The van der Waals surface area contributed by atoms with Gasteiger partial charge in [0, 0.05) is 48.4 Å². The van der Waals surface area contributed by atoms with Crippen LogP contribution in [0.4, 0.5) is 5.69 Å². The van der Waals surface area contributed by atoms with Gasteiger partial charge >= 0.3 is 5.97 Å².